The average molecular weight is 273 g/mol. The number of methoxy groups -OCH3 is 1. The van der Waals surface area contributed by atoms with Crippen LogP contribution in [-0.4, -0.2) is 17.1 Å². The molecule has 1 aromatic rings. The first kappa shape index (κ1) is 14.4. The van der Waals surface area contributed by atoms with Gasteiger partial charge in [0.15, 0.2) is 0 Å². The molecule has 0 aliphatic rings. The first-order chi connectivity index (χ1) is 7.93. The van der Waals surface area contributed by atoms with E-state index in [4.69, 9.17) is 16.3 Å². The van der Waals surface area contributed by atoms with Gasteiger partial charge in [-0.15, -0.1) is 0 Å². The van der Waals surface area contributed by atoms with Crippen molar-refractivity contribution in [1.82, 2.24) is 0 Å². The summed E-state index contributed by atoms with van der Waals surface area (Å²) < 4.78 is 4.97. The van der Waals surface area contributed by atoms with Gasteiger partial charge in [0, 0.05) is 16.9 Å². The maximum Gasteiger partial charge on any atom is 0.223 e. The third-order valence-corrected chi connectivity index (χ3v) is 3.89. The highest BCUT2D eigenvalue weighted by atomic mass is 35.5. The van der Waals surface area contributed by atoms with Gasteiger partial charge in [-0.3, -0.25) is 4.79 Å². The van der Waals surface area contributed by atoms with Gasteiger partial charge >= 0.3 is 0 Å². The molecule has 0 aliphatic heterocycles. The number of rotatable bonds is 6. The van der Waals surface area contributed by atoms with E-state index < -0.39 is 0 Å². The van der Waals surface area contributed by atoms with E-state index in [0.717, 1.165) is 11.5 Å². The Kier molecular flexibility index (Phi) is 5.34. The highest BCUT2D eigenvalue weighted by Gasteiger charge is 2.21. The molecule has 0 N–H and O–H groups in total. The molecule has 1 rings (SSSR count). The van der Waals surface area contributed by atoms with Crippen molar-refractivity contribution in [2.24, 2.45) is 0 Å². The highest BCUT2D eigenvalue weighted by molar-refractivity contribution is 7.99. The third-order valence-electron chi connectivity index (χ3n) is 2.35. The Labute approximate surface area is 112 Å². The Hall–Kier alpha value is -0.670. The molecule has 0 aromatic heterocycles. The number of carbonyl (C=O) groups excluding carboxylic acids is 1. The van der Waals surface area contributed by atoms with Crippen LogP contribution in [0.1, 0.15) is 25.8 Å². The van der Waals surface area contributed by atoms with Crippen LogP contribution >= 0.6 is 23.4 Å². The molecule has 0 atom stereocenters. The summed E-state index contributed by atoms with van der Waals surface area (Å²) in [4.78, 5) is 10.9. The predicted octanol–water partition coefficient (Wildman–Crippen LogP) is 3.86. The molecular weight excluding hydrogens is 256 g/mol. The van der Waals surface area contributed by atoms with Gasteiger partial charge in [0.1, 0.15) is 5.75 Å². The van der Waals surface area contributed by atoms with Gasteiger partial charge in [0.05, 0.1) is 7.11 Å². The van der Waals surface area contributed by atoms with E-state index in [1.807, 2.05) is 38.1 Å². The molecule has 0 spiro atoms. The zero-order valence-corrected chi connectivity index (χ0v) is 11.9. The van der Waals surface area contributed by atoms with Crippen LogP contribution in [0.2, 0.25) is 0 Å². The maximum absolute atomic E-state index is 10.9. The molecule has 94 valence electrons. The van der Waals surface area contributed by atoms with E-state index >= 15 is 0 Å². The van der Waals surface area contributed by atoms with Crippen molar-refractivity contribution in [3.63, 3.8) is 0 Å². The maximum atomic E-state index is 10.9. The summed E-state index contributed by atoms with van der Waals surface area (Å²) in [5.41, 5.74) is 1.21. The lowest BCUT2D eigenvalue weighted by molar-refractivity contribution is -0.112. The zero-order valence-electron chi connectivity index (χ0n) is 10.3. The molecule has 0 unspecified atom stereocenters. The van der Waals surface area contributed by atoms with Crippen LogP contribution in [0.5, 0.6) is 5.75 Å². The summed E-state index contributed by atoms with van der Waals surface area (Å²) in [7, 11) is 1.65. The molecule has 0 fully saturated rings. The Morgan fingerprint density at radius 2 is 1.94 bits per heavy atom. The second-order valence-corrected chi connectivity index (χ2v) is 6.53. The minimum absolute atomic E-state index is 0.126. The lowest BCUT2D eigenvalue weighted by Gasteiger charge is -2.21. The monoisotopic (exact) mass is 272 g/mol. The topological polar surface area (TPSA) is 26.3 Å². The van der Waals surface area contributed by atoms with E-state index in [2.05, 4.69) is 0 Å². The second-order valence-electron chi connectivity index (χ2n) is 4.43. The zero-order chi connectivity index (χ0) is 12.9. The number of benzene rings is 1. The summed E-state index contributed by atoms with van der Waals surface area (Å²) in [6.45, 7) is 4.06. The minimum Gasteiger partial charge on any atom is -0.497 e. The van der Waals surface area contributed by atoms with Gasteiger partial charge in [-0.2, -0.15) is 11.8 Å². The van der Waals surface area contributed by atoms with Crippen LogP contribution < -0.4 is 4.74 Å². The Morgan fingerprint density at radius 1 is 1.35 bits per heavy atom. The molecule has 1 aromatic carbocycles. The van der Waals surface area contributed by atoms with Crippen molar-refractivity contribution in [2.45, 2.75) is 30.8 Å². The van der Waals surface area contributed by atoms with Crippen molar-refractivity contribution in [3.05, 3.63) is 29.8 Å². The molecule has 2 nitrogen and oxygen atoms in total. The number of thioether (sulfide) groups is 1. The number of carbonyl (C=O) groups is 1. The molecule has 17 heavy (non-hydrogen) atoms. The molecule has 0 heterocycles. The number of hydrogen-bond donors (Lipinski definition) is 0. The average Bonchev–Trinajstić information content (AvgIpc) is 2.25. The molecule has 0 saturated carbocycles. The van der Waals surface area contributed by atoms with Gasteiger partial charge < -0.3 is 4.74 Å². The summed E-state index contributed by atoms with van der Waals surface area (Å²) >= 11 is 7.14. The minimum atomic E-state index is -0.280. The highest BCUT2D eigenvalue weighted by Crippen LogP contribution is 2.32. The van der Waals surface area contributed by atoms with Gasteiger partial charge in [0.2, 0.25) is 5.24 Å². The second kappa shape index (κ2) is 6.31. The van der Waals surface area contributed by atoms with E-state index in [9.17, 15) is 4.79 Å². The molecule has 0 amide bonds. The first-order valence-corrected chi connectivity index (χ1v) is 6.74. The Morgan fingerprint density at radius 3 is 2.41 bits per heavy atom. The normalized spacial score (nSPS) is 11.3. The van der Waals surface area contributed by atoms with Crippen molar-refractivity contribution < 1.29 is 9.53 Å². The van der Waals surface area contributed by atoms with E-state index in [-0.39, 0.29) is 9.99 Å². The fourth-order valence-electron chi connectivity index (χ4n) is 1.39. The number of halogens is 1. The van der Waals surface area contributed by atoms with Crippen LogP contribution in [0.3, 0.4) is 0 Å². The van der Waals surface area contributed by atoms with E-state index in [0.29, 0.717) is 6.42 Å². The van der Waals surface area contributed by atoms with Gasteiger partial charge in [0.25, 0.3) is 0 Å². The summed E-state index contributed by atoms with van der Waals surface area (Å²) in [6.07, 6.45) is 0.384. The smallest absolute Gasteiger partial charge is 0.223 e. The summed E-state index contributed by atoms with van der Waals surface area (Å²) in [6, 6.07) is 7.94. The fourth-order valence-corrected chi connectivity index (χ4v) is 2.78. The Bertz CT molecular complexity index is 374. The van der Waals surface area contributed by atoms with Crippen molar-refractivity contribution in [2.75, 3.05) is 7.11 Å². The summed E-state index contributed by atoms with van der Waals surface area (Å²) in [5.74, 6) is 1.72. The number of hydrogen-bond acceptors (Lipinski definition) is 3. The SMILES string of the molecule is COc1ccc(CSC(C)(C)CC(=O)Cl)cc1. The van der Waals surface area contributed by atoms with E-state index in [1.54, 1.807) is 18.9 Å². The quantitative estimate of drug-likeness (QED) is 0.736. The van der Waals surface area contributed by atoms with Crippen LogP contribution in [0.4, 0.5) is 0 Å². The fraction of sp³-hybridized carbons (Fsp3) is 0.462. The van der Waals surface area contributed by atoms with Gasteiger partial charge in [-0.05, 0) is 29.3 Å². The lowest BCUT2D eigenvalue weighted by Crippen LogP contribution is -2.17. The molecule has 0 bridgehead atoms. The largest absolute Gasteiger partial charge is 0.497 e. The van der Waals surface area contributed by atoms with Crippen LogP contribution in [0.25, 0.3) is 0 Å². The third kappa shape index (κ3) is 5.46. The Balaban J connectivity index is 2.51. The number of ether oxygens (including phenoxy) is 1. The summed E-state index contributed by atoms with van der Waals surface area (Å²) in [5, 5.41) is -0.280. The van der Waals surface area contributed by atoms with Crippen molar-refractivity contribution in [3.8, 4) is 5.75 Å². The van der Waals surface area contributed by atoms with Crippen LogP contribution in [0.15, 0.2) is 24.3 Å². The lowest BCUT2D eigenvalue weighted by atomic mass is 10.1. The molecule has 0 saturated heterocycles. The molecular formula is C13H17ClO2S. The van der Waals surface area contributed by atoms with E-state index in [1.165, 1.54) is 5.56 Å². The van der Waals surface area contributed by atoms with Crippen LogP contribution in [0, 0.1) is 0 Å². The van der Waals surface area contributed by atoms with Crippen molar-refractivity contribution >= 4 is 28.6 Å². The molecule has 4 heteroatoms. The first-order valence-electron chi connectivity index (χ1n) is 5.38. The molecule has 0 radical (unpaired) electrons. The molecule has 0 aliphatic carbocycles. The van der Waals surface area contributed by atoms with Gasteiger partial charge in [-0.25, -0.2) is 0 Å². The van der Waals surface area contributed by atoms with Crippen molar-refractivity contribution in [1.29, 1.82) is 0 Å². The predicted molar refractivity (Wildman–Crippen MR) is 73.8 cm³/mol. The standard InChI is InChI=1S/C13H17ClO2S/c1-13(2,8-12(14)15)17-9-10-4-6-11(16-3)7-5-10/h4-7H,8-9H2,1-3H3. The van der Waals surface area contributed by atoms with Crippen LogP contribution in [-0.2, 0) is 10.5 Å². The van der Waals surface area contributed by atoms with Gasteiger partial charge in [-0.1, -0.05) is 26.0 Å².